The predicted molar refractivity (Wildman–Crippen MR) is 69.0 cm³/mol. The van der Waals surface area contributed by atoms with Gasteiger partial charge in [0.05, 0.1) is 23.9 Å². The summed E-state index contributed by atoms with van der Waals surface area (Å²) in [4.78, 5) is 0.0813. The third-order valence-corrected chi connectivity index (χ3v) is 5.64. The van der Waals surface area contributed by atoms with Gasteiger partial charge in [-0.1, -0.05) is 0 Å². The first kappa shape index (κ1) is 12.9. The van der Waals surface area contributed by atoms with E-state index in [1.807, 2.05) is 0 Å². The number of hydrogen-bond donors (Lipinski definition) is 2. The molecule has 8 heteroatoms. The van der Waals surface area contributed by atoms with Crippen LogP contribution in [-0.4, -0.2) is 36.4 Å². The molecule has 3 atom stereocenters. The number of aromatic nitrogens is 2. The van der Waals surface area contributed by atoms with Gasteiger partial charge in [0.2, 0.25) is 10.0 Å². The molecular formula is C11H18N4O3S. The zero-order valence-corrected chi connectivity index (χ0v) is 11.8. The van der Waals surface area contributed by atoms with Gasteiger partial charge in [0.25, 0.3) is 0 Å². The van der Waals surface area contributed by atoms with E-state index in [-0.39, 0.29) is 29.0 Å². The Bertz CT molecular complexity index is 610. The molecule has 2 saturated heterocycles. The quantitative estimate of drug-likeness (QED) is 0.809. The van der Waals surface area contributed by atoms with E-state index in [1.54, 1.807) is 14.0 Å². The molecule has 3 N–H and O–H groups in total. The van der Waals surface area contributed by atoms with Gasteiger partial charge in [-0.2, -0.15) is 5.10 Å². The Kier molecular flexibility index (Phi) is 2.84. The number of nitrogens with two attached hydrogens (primary N) is 1. The molecule has 0 radical (unpaired) electrons. The van der Waals surface area contributed by atoms with Crippen molar-refractivity contribution in [2.75, 3.05) is 5.73 Å². The number of hydrogen-bond acceptors (Lipinski definition) is 5. The van der Waals surface area contributed by atoms with Gasteiger partial charge in [-0.05, 0) is 26.2 Å². The van der Waals surface area contributed by atoms with Crippen LogP contribution in [0.15, 0.2) is 4.90 Å². The lowest BCUT2D eigenvalue weighted by Gasteiger charge is -2.19. The van der Waals surface area contributed by atoms with Gasteiger partial charge in [0, 0.05) is 7.05 Å². The van der Waals surface area contributed by atoms with E-state index in [9.17, 15) is 8.42 Å². The number of fused-ring (bicyclic) bond motifs is 2. The van der Waals surface area contributed by atoms with Crippen LogP contribution in [0.3, 0.4) is 0 Å². The predicted octanol–water partition coefficient (Wildman–Crippen LogP) is -0.0911. The summed E-state index contributed by atoms with van der Waals surface area (Å²) in [6, 6.07) is -0.150. The third kappa shape index (κ3) is 2.03. The molecule has 7 nitrogen and oxygen atoms in total. The van der Waals surface area contributed by atoms with E-state index in [4.69, 9.17) is 10.5 Å². The van der Waals surface area contributed by atoms with Gasteiger partial charge < -0.3 is 10.5 Å². The zero-order valence-electron chi connectivity index (χ0n) is 11.0. The monoisotopic (exact) mass is 286 g/mol. The summed E-state index contributed by atoms with van der Waals surface area (Å²) in [5, 5.41) is 3.94. The zero-order chi connectivity index (χ0) is 13.8. The van der Waals surface area contributed by atoms with E-state index in [1.165, 1.54) is 4.68 Å². The van der Waals surface area contributed by atoms with Crippen LogP contribution in [0.4, 0.5) is 5.82 Å². The number of aryl methyl sites for hydroxylation is 1. The number of ether oxygens (including phenoxy) is 1. The van der Waals surface area contributed by atoms with E-state index in [0.29, 0.717) is 5.69 Å². The lowest BCUT2D eigenvalue weighted by Crippen LogP contribution is -2.41. The van der Waals surface area contributed by atoms with Crippen molar-refractivity contribution in [3.8, 4) is 0 Å². The normalized spacial score (nSPS) is 30.1. The summed E-state index contributed by atoms with van der Waals surface area (Å²) in [6.45, 7) is 1.69. The van der Waals surface area contributed by atoms with Crippen molar-refractivity contribution in [2.24, 2.45) is 7.05 Å². The Morgan fingerprint density at radius 1 is 1.47 bits per heavy atom. The molecule has 2 aliphatic rings. The summed E-state index contributed by atoms with van der Waals surface area (Å²) in [5.41, 5.74) is 6.23. The van der Waals surface area contributed by atoms with Gasteiger partial charge in [-0.25, -0.2) is 13.1 Å². The van der Waals surface area contributed by atoms with Gasteiger partial charge in [-0.3, -0.25) is 4.68 Å². The standard InChI is InChI=1S/C11H18N4O3S/c1-6-10(11(12)13-15(6)2)19(16,17)14-8-5-7-3-4-9(8)18-7/h7-9,14H,3-5H2,1-2H3,(H2,12,13). The summed E-state index contributed by atoms with van der Waals surface area (Å²) in [6.07, 6.45) is 2.88. The Morgan fingerprint density at radius 2 is 2.21 bits per heavy atom. The van der Waals surface area contributed by atoms with Crippen LogP contribution < -0.4 is 10.5 Å². The summed E-state index contributed by atoms with van der Waals surface area (Å²) < 4.78 is 34.7. The third-order valence-electron chi connectivity index (χ3n) is 3.99. The Labute approximate surface area is 112 Å². The Morgan fingerprint density at radius 3 is 2.68 bits per heavy atom. The molecule has 19 heavy (non-hydrogen) atoms. The van der Waals surface area contributed by atoms with Crippen molar-refractivity contribution >= 4 is 15.8 Å². The molecule has 3 rings (SSSR count). The highest BCUT2D eigenvalue weighted by Crippen LogP contribution is 2.35. The molecule has 106 valence electrons. The van der Waals surface area contributed by atoms with Crippen LogP contribution in [-0.2, 0) is 21.8 Å². The maximum absolute atomic E-state index is 12.4. The second-order valence-electron chi connectivity index (χ2n) is 5.26. The highest BCUT2D eigenvalue weighted by molar-refractivity contribution is 7.89. The molecule has 2 aliphatic heterocycles. The number of anilines is 1. The SMILES string of the molecule is Cc1c(S(=O)(=O)NC2CC3CCC2O3)c(N)nn1C. The van der Waals surface area contributed by atoms with Gasteiger partial charge >= 0.3 is 0 Å². The molecule has 2 fully saturated rings. The minimum Gasteiger partial charge on any atom is -0.381 e. The number of rotatable bonds is 3. The Hall–Kier alpha value is -1.12. The number of nitrogens with one attached hydrogen (secondary N) is 1. The van der Waals surface area contributed by atoms with Crippen LogP contribution >= 0.6 is 0 Å². The van der Waals surface area contributed by atoms with Crippen LogP contribution in [0.5, 0.6) is 0 Å². The number of nitrogens with zero attached hydrogens (tertiary/aromatic N) is 2. The van der Waals surface area contributed by atoms with Crippen LogP contribution in [0.1, 0.15) is 25.0 Å². The topological polar surface area (TPSA) is 99.2 Å². The average molecular weight is 286 g/mol. The molecule has 3 heterocycles. The highest BCUT2D eigenvalue weighted by Gasteiger charge is 2.43. The number of nitrogen functional groups attached to an aromatic ring is 1. The summed E-state index contributed by atoms with van der Waals surface area (Å²) >= 11 is 0. The number of sulfonamides is 1. The minimum atomic E-state index is -3.64. The molecule has 0 amide bonds. The first-order chi connectivity index (χ1) is 8.88. The fourth-order valence-electron chi connectivity index (χ4n) is 2.97. The van der Waals surface area contributed by atoms with Crippen molar-refractivity contribution < 1.29 is 13.2 Å². The highest BCUT2D eigenvalue weighted by atomic mass is 32.2. The van der Waals surface area contributed by atoms with E-state index >= 15 is 0 Å². The molecule has 1 aromatic rings. The van der Waals surface area contributed by atoms with E-state index in [0.717, 1.165) is 19.3 Å². The Balaban J connectivity index is 1.87. The molecule has 2 bridgehead atoms. The van der Waals surface area contributed by atoms with Gasteiger partial charge in [-0.15, -0.1) is 0 Å². The van der Waals surface area contributed by atoms with Crippen molar-refractivity contribution in [3.05, 3.63) is 5.69 Å². The van der Waals surface area contributed by atoms with Crippen molar-refractivity contribution in [1.29, 1.82) is 0 Å². The minimum absolute atomic E-state index is 0.00187. The molecule has 0 aliphatic carbocycles. The van der Waals surface area contributed by atoms with Crippen molar-refractivity contribution in [3.63, 3.8) is 0 Å². The van der Waals surface area contributed by atoms with Gasteiger partial charge in [0.1, 0.15) is 4.90 Å². The maximum Gasteiger partial charge on any atom is 0.246 e. The molecule has 0 saturated carbocycles. The van der Waals surface area contributed by atoms with Crippen molar-refractivity contribution in [1.82, 2.24) is 14.5 Å². The molecule has 3 unspecified atom stereocenters. The maximum atomic E-state index is 12.4. The molecule has 1 aromatic heterocycles. The largest absolute Gasteiger partial charge is 0.381 e. The summed E-state index contributed by atoms with van der Waals surface area (Å²) in [7, 11) is -1.97. The van der Waals surface area contributed by atoms with Crippen molar-refractivity contribution in [2.45, 2.75) is 49.3 Å². The molecule has 0 aromatic carbocycles. The second kappa shape index (κ2) is 4.19. The fourth-order valence-corrected chi connectivity index (χ4v) is 4.57. The lowest BCUT2D eigenvalue weighted by molar-refractivity contribution is 0.0996. The first-order valence-electron chi connectivity index (χ1n) is 6.35. The average Bonchev–Trinajstić information content (AvgIpc) is 2.94. The van der Waals surface area contributed by atoms with E-state index in [2.05, 4.69) is 9.82 Å². The smallest absolute Gasteiger partial charge is 0.246 e. The first-order valence-corrected chi connectivity index (χ1v) is 7.83. The molecular weight excluding hydrogens is 268 g/mol. The van der Waals surface area contributed by atoms with E-state index < -0.39 is 10.0 Å². The van der Waals surface area contributed by atoms with Crippen LogP contribution in [0, 0.1) is 6.92 Å². The fraction of sp³-hybridized carbons (Fsp3) is 0.727. The lowest BCUT2D eigenvalue weighted by atomic mass is 9.96. The van der Waals surface area contributed by atoms with Gasteiger partial charge in [0.15, 0.2) is 5.82 Å². The van der Waals surface area contributed by atoms with Crippen LogP contribution in [0.2, 0.25) is 0 Å². The summed E-state index contributed by atoms with van der Waals surface area (Å²) in [5.74, 6) is 0.0385. The van der Waals surface area contributed by atoms with Crippen LogP contribution in [0.25, 0.3) is 0 Å². The second-order valence-corrected chi connectivity index (χ2v) is 6.91. The molecule has 0 spiro atoms.